The summed E-state index contributed by atoms with van der Waals surface area (Å²) in [7, 11) is 0. The van der Waals surface area contributed by atoms with E-state index in [1.165, 1.54) is 19.4 Å². The van der Waals surface area contributed by atoms with Crippen LogP contribution < -0.4 is 5.73 Å². The zero-order chi connectivity index (χ0) is 21.7. The van der Waals surface area contributed by atoms with E-state index in [0.29, 0.717) is 17.9 Å². The van der Waals surface area contributed by atoms with Gasteiger partial charge in [-0.25, -0.2) is 0 Å². The van der Waals surface area contributed by atoms with Crippen LogP contribution in [0.15, 0.2) is 11.6 Å². The first-order chi connectivity index (χ1) is 13.0. The van der Waals surface area contributed by atoms with Gasteiger partial charge in [-0.1, -0.05) is 5.57 Å². The number of nitrogens with two attached hydrogens (primary N) is 1. The molecule has 2 fully saturated rings. The fraction of sp³-hybridized carbons (Fsp3) is 0.826. The zero-order valence-electron chi connectivity index (χ0n) is 19.3. The third kappa shape index (κ3) is 11.7. The van der Waals surface area contributed by atoms with Gasteiger partial charge < -0.3 is 10.5 Å². The van der Waals surface area contributed by atoms with Crippen LogP contribution in [0.2, 0.25) is 0 Å². The Bertz CT molecular complexity index is 496. The molecule has 2 heterocycles. The number of nitrogens with zero attached hydrogens (tertiary/aromatic N) is 1. The molecule has 0 amide bonds. The Kier molecular flexibility index (Phi) is 13.5. The highest BCUT2D eigenvalue weighted by molar-refractivity contribution is 5.87. The second-order valence-corrected chi connectivity index (χ2v) is 8.75. The largest absolute Gasteiger partial charge is 0.379 e. The molecule has 2 rings (SSSR count). The quantitative estimate of drug-likeness (QED) is 0.678. The molecule has 0 radical (unpaired) electrons. The number of allylic oxidation sites excluding steroid dienone is 2. The maximum absolute atomic E-state index is 11.4. The Morgan fingerprint density at radius 3 is 2.46 bits per heavy atom. The second kappa shape index (κ2) is 14.0. The SMILES string of the molecule is CC(=O)C=C(C)C.CC1(C)CC(=O)CC2CCCN21.CCOC(C)CCCN. The lowest BCUT2D eigenvalue weighted by Gasteiger charge is -2.43. The number of ketones is 2. The van der Waals surface area contributed by atoms with Crippen molar-refractivity contribution in [2.45, 2.75) is 105 Å². The molecule has 0 spiro atoms. The van der Waals surface area contributed by atoms with Crippen molar-refractivity contribution in [1.82, 2.24) is 4.90 Å². The van der Waals surface area contributed by atoms with Crippen molar-refractivity contribution >= 4 is 11.6 Å². The van der Waals surface area contributed by atoms with Gasteiger partial charge in [0.25, 0.3) is 0 Å². The molecule has 28 heavy (non-hydrogen) atoms. The molecule has 0 aromatic rings. The van der Waals surface area contributed by atoms with E-state index >= 15 is 0 Å². The molecular formula is C23H44N2O3. The summed E-state index contributed by atoms with van der Waals surface area (Å²) < 4.78 is 5.29. The second-order valence-electron chi connectivity index (χ2n) is 8.75. The molecule has 5 heteroatoms. The maximum atomic E-state index is 11.4. The smallest absolute Gasteiger partial charge is 0.152 e. The van der Waals surface area contributed by atoms with Crippen molar-refractivity contribution in [2.24, 2.45) is 5.73 Å². The normalized spacial score (nSPS) is 21.4. The number of hydrogen-bond donors (Lipinski definition) is 1. The van der Waals surface area contributed by atoms with Gasteiger partial charge in [0.1, 0.15) is 5.78 Å². The summed E-state index contributed by atoms with van der Waals surface area (Å²) in [6, 6.07) is 0.571. The summed E-state index contributed by atoms with van der Waals surface area (Å²) in [5.41, 5.74) is 6.52. The molecule has 2 atom stereocenters. The first-order valence-corrected chi connectivity index (χ1v) is 10.8. The van der Waals surface area contributed by atoms with Crippen LogP contribution in [0.1, 0.15) is 87.0 Å². The van der Waals surface area contributed by atoms with Gasteiger partial charge in [0.2, 0.25) is 0 Å². The van der Waals surface area contributed by atoms with Crippen molar-refractivity contribution in [3.8, 4) is 0 Å². The van der Waals surface area contributed by atoms with Gasteiger partial charge in [0.05, 0.1) is 6.10 Å². The Morgan fingerprint density at radius 2 is 2.00 bits per heavy atom. The third-order valence-electron chi connectivity index (χ3n) is 5.01. The van der Waals surface area contributed by atoms with E-state index in [-0.39, 0.29) is 11.3 Å². The highest BCUT2D eigenvalue weighted by Gasteiger charge is 2.42. The summed E-state index contributed by atoms with van der Waals surface area (Å²) >= 11 is 0. The van der Waals surface area contributed by atoms with Crippen molar-refractivity contribution < 1.29 is 14.3 Å². The fourth-order valence-electron chi connectivity index (χ4n) is 3.94. The summed E-state index contributed by atoms with van der Waals surface area (Å²) in [5, 5.41) is 0. The van der Waals surface area contributed by atoms with Crippen LogP contribution in [0.3, 0.4) is 0 Å². The van der Waals surface area contributed by atoms with Gasteiger partial charge in [-0.3, -0.25) is 14.5 Å². The zero-order valence-corrected chi connectivity index (χ0v) is 19.3. The molecule has 2 saturated heterocycles. The van der Waals surface area contributed by atoms with E-state index in [0.717, 1.165) is 44.4 Å². The van der Waals surface area contributed by atoms with Gasteiger partial charge in [-0.05, 0) is 93.3 Å². The molecule has 0 bridgehead atoms. The van der Waals surface area contributed by atoms with Gasteiger partial charge >= 0.3 is 0 Å². The Labute approximate surface area is 173 Å². The van der Waals surface area contributed by atoms with Crippen LogP contribution in [-0.2, 0) is 14.3 Å². The number of hydrogen-bond acceptors (Lipinski definition) is 5. The van der Waals surface area contributed by atoms with Gasteiger partial charge in [-0.2, -0.15) is 0 Å². The molecule has 0 aliphatic carbocycles. The molecule has 0 aromatic carbocycles. The number of piperidine rings is 1. The first-order valence-electron chi connectivity index (χ1n) is 10.8. The monoisotopic (exact) mass is 396 g/mol. The first kappa shape index (κ1) is 27.0. The number of carbonyl (C=O) groups excluding carboxylic acids is 2. The molecule has 2 unspecified atom stereocenters. The van der Waals surface area contributed by atoms with Crippen molar-refractivity contribution in [3.63, 3.8) is 0 Å². The van der Waals surface area contributed by atoms with E-state index in [1.807, 2.05) is 20.8 Å². The maximum Gasteiger partial charge on any atom is 0.152 e. The van der Waals surface area contributed by atoms with Crippen LogP contribution >= 0.6 is 0 Å². The van der Waals surface area contributed by atoms with Crippen LogP contribution in [0.25, 0.3) is 0 Å². The minimum absolute atomic E-state index is 0.125. The van der Waals surface area contributed by atoms with Crippen molar-refractivity contribution in [3.05, 3.63) is 11.6 Å². The van der Waals surface area contributed by atoms with E-state index in [9.17, 15) is 9.59 Å². The third-order valence-corrected chi connectivity index (χ3v) is 5.01. The van der Waals surface area contributed by atoms with E-state index in [1.54, 1.807) is 13.0 Å². The lowest BCUT2D eigenvalue weighted by atomic mass is 9.86. The summed E-state index contributed by atoms with van der Waals surface area (Å²) in [6.45, 7) is 16.6. The van der Waals surface area contributed by atoms with Crippen LogP contribution in [0.5, 0.6) is 0 Å². The molecule has 2 aliphatic rings. The molecule has 0 saturated carbocycles. The molecule has 0 aromatic heterocycles. The molecule has 164 valence electrons. The standard InChI is InChI=1S/C10H17NO.C7H17NO.C6H10O/c1-10(2)7-9(12)6-8-4-3-5-11(8)10;1-3-9-7(2)5-4-6-8;1-5(2)4-6(3)7/h8H,3-7H2,1-2H3;7H,3-6,8H2,1-2H3;4H,1-3H3. The van der Waals surface area contributed by atoms with E-state index in [2.05, 4.69) is 25.7 Å². The number of rotatable bonds is 6. The molecular weight excluding hydrogens is 352 g/mol. The predicted octanol–water partition coefficient (Wildman–Crippen LogP) is 4.28. The predicted molar refractivity (Wildman–Crippen MR) is 118 cm³/mol. The van der Waals surface area contributed by atoms with Crippen LogP contribution in [-0.4, -0.2) is 53.8 Å². The Hall–Kier alpha value is -1.04. The Balaban J connectivity index is 0.000000410. The molecule has 2 aliphatic heterocycles. The lowest BCUT2D eigenvalue weighted by molar-refractivity contribution is -0.127. The summed E-state index contributed by atoms with van der Waals surface area (Å²) in [6.07, 6.45) is 8.23. The average Bonchev–Trinajstić information content (AvgIpc) is 3.01. The fourth-order valence-corrected chi connectivity index (χ4v) is 3.94. The van der Waals surface area contributed by atoms with Gasteiger partial charge in [-0.15, -0.1) is 0 Å². The van der Waals surface area contributed by atoms with E-state index in [4.69, 9.17) is 10.5 Å². The topological polar surface area (TPSA) is 72.6 Å². The minimum Gasteiger partial charge on any atom is -0.379 e. The highest BCUT2D eigenvalue weighted by atomic mass is 16.5. The van der Waals surface area contributed by atoms with Gasteiger partial charge in [0, 0.05) is 31.0 Å². The summed E-state index contributed by atoms with van der Waals surface area (Å²) in [5.74, 6) is 0.586. The average molecular weight is 397 g/mol. The van der Waals surface area contributed by atoms with Crippen molar-refractivity contribution in [1.29, 1.82) is 0 Å². The Morgan fingerprint density at radius 1 is 1.36 bits per heavy atom. The number of ether oxygens (including phenoxy) is 1. The van der Waals surface area contributed by atoms with E-state index < -0.39 is 0 Å². The number of Topliss-reactive ketones (excluding diaryl/α,β-unsaturated/α-hetero) is 1. The minimum atomic E-state index is 0.125. The number of carbonyl (C=O) groups is 2. The lowest BCUT2D eigenvalue weighted by Crippen LogP contribution is -2.52. The molecule has 5 nitrogen and oxygen atoms in total. The highest BCUT2D eigenvalue weighted by Crippen LogP contribution is 2.35. The molecule has 2 N–H and O–H groups in total. The van der Waals surface area contributed by atoms with Crippen molar-refractivity contribution in [2.75, 3.05) is 19.7 Å². The van der Waals surface area contributed by atoms with Crippen LogP contribution in [0, 0.1) is 0 Å². The van der Waals surface area contributed by atoms with Gasteiger partial charge in [0.15, 0.2) is 5.78 Å². The summed E-state index contributed by atoms with van der Waals surface area (Å²) in [4.78, 5) is 24.1. The van der Waals surface area contributed by atoms with Crippen LogP contribution in [0.4, 0.5) is 0 Å². The number of fused-ring (bicyclic) bond motifs is 1.